The Bertz CT molecular complexity index is 493. The van der Waals surface area contributed by atoms with Gasteiger partial charge in [-0.05, 0) is 12.0 Å². The summed E-state index contributed by atoms with van der Waals surface area (Å²) in [7, 11) is 1.61. The molecule has 2 rings (SSSR count). The van der Waals surface area contributed by atoms with Gasteiger partial charge >= 0.3 is 0 Å². The first kappa shape index (κ1) is 16.5. The number of methoxy groups -OCH3 is 1. The van der Waals surface area contributed by atoms with E-state index in [9.17, 15) is 9.59 Å². The highest BCUT2D eigenvalue weighted by Gasteiger charge is 2.32. The molecule has 0 radical (unpaired) electrons. The van der Waals surface area contributed by atoms with E-state index in [-0.39, 0.29) is 18.4 Å². The number of ether oxygens (including phenoxy) is 1. The van der Waals surface area contributed by atoms with Crippen molar-refractivity contribution < 1.29 is 14.3 Å². The molecule has 1 aliphatic heterocycles. The number of rotatable bonds is 8. The Morgan fingerprint density at radius 1 is 1.36 bits per heavy atom. The lowest BCUT2D eigenvalue weighted by atomic mass is 10.2. The Balaban J connectivity index is 1.75. The van der Waals surface area contributed by atoms with Gasteiger partial charge in [-0.3, -0.25) is 9.59 Å². The molecule has 0 aliphatic carbocycles. The molecule has 6 heteroatoms. The largest absolute Gasteiger partial charge is 0.383 e. The van der Waals surface area contributed by atoms with E-state index in [2.05, 4.69) is 10.6 Å². The Kier molecular flexibility index (Phi) is 6.36. The van der Waals surface area contributed by atoms with Gasteiger partial charge in [0.2, 0.25) is 11.8 Å². The number of benzene rings is 1. The SMILES string of the molecule is COCCNCC(=O)NC1CCN(Cc2ccccc2)C1=O. The number of nitrogens with zero attached hydrogens (tertiary/aromatic N) is 1. The van der Waals surface area contributed by atoms with Gasteiger partial charge in [0.1, 0.15) is 6.04 Å². The van der Waals surface area contributed by atoms with Crippen molar-refractivity contribution in [3.8, 4) is 0 Å². The average Bonchev–Trinajstić information content (AvgIpc) is 2.86. The van der Waals surface area contributed by atoms with Crippen molar-refractivity contribution in [3.63, 3.8) is 0 Å². The van der Waals surface area contributed by atoms with Crippen LogP contribution in [0.3, 0.4) is 0 Å². The summed E-state index contributed by atoms with van der Waals surface area (Å²) in [4.78, 5) is 25.9. The molecule has 0 aromatic heterocycles. The zero-order valence-corrected chi connectivity index (χ0v) is 12.9. The Morgan fingerprint density at radius 2 is 2.14 bits per heavy atom. The van der Waals surface area contributed by atoms with Crippen LogP contribution in [0.25, 0.3) is 0 Å². The van der Waals surface area contributed by atoms with Crippen molar-refractivity contribution in [3.05, 3.63) is 35.9 Å². The van der Waals surface area contributed by atoms with E-state index in [4.69, 9.17) is 4.74 Å². The highest BCUT2D eigenvalue weighted by Crippen LogP contribution is 2.14. The molecule has 1 aromatic carbocycles. The number of carbonyl (C=O) groups excluding carboxylic acids is 2. The van der Waals surface area contributed by atoms with Crippen LogP contribution in [0.15, 0.2) is 30.3 Å². The molecule has 120 valence electrons. The van der Waals surface area contributed by atoms with Gasteiger partial charge < -0.3 is 20.3 Å². The first-order chi connectivity index (χ1) is 10.7. The second-order valence-corrected chi connectivity index (χ2v) is 5.32. The van der Waals surface area contributed by atoms with Crippen molar-refractivity contribution >= 4 is 11.8 Å². The molecule has 0 saturated carbocycles. The van der Waals surface area contributed by atoms with Crippen LogP contribution in [-0.2, 0) is 20.9 Å². The molecule has 0 bridgehead atoms. The van der Waals surface area contributed by atoms with E-state index in [0.29, 0.717) is 32.7 Å². The Morgan fingerprint density at radius 3 is 2.86 bits per heavy atom. The van der Waals surface area contributed by atoms with Crippen LogP contribution >= 0.6 is 0 Å². The smallest absolute Gasteiger partial charge is 0.245 e. The van der Waals surface area contributed by atoms with Crippen molar-refractivity contribution in [2.75, 3.05) is 33.4 Å². The molecule has 1 heterocycles. The van der Waals surface area contributed by atoms with E-state index in [1.165, 1.54) is 0 Å². The number of amides is 2. The number of hydrogen-bond donors (Lipinski definition) is 2. The maximum absolute atomic E-state index is 12.3. The minimum absolute atomic E-state index is 0.00547. The van der Waals surface area contributed by atoms with Gasteiger partial charge in [-0.15, -0.1) is 0 Å². The molecular formula is C16H23N3O3. The van der Waals surface area contributed by atoms with Gasteiger partial charge in [0.25, 0.3) is 0 Å². The van der Waals surface area contributed by atoms with E-state index < -0.39 is 6.04 Å². The lowest BCUT2D eigenvalue weighted by Crippen LogP contribution is -2.45. The number of likely N-dealkylation sites (tertiary alicyclic amines) is 1. The van der Waals surface area contributed by atoms with E-state index in [0.717, 1.165) is 5.56 Å². The maximum Gasteiger partial charge on any atom is 0.245 e. The van der Waals surface area contributed by atoms with E-state index >= 15 is 0 Å². The van der Waals surface area contributed by atoms with Crippen LogP contribution in [0.1, 0.15) is 12.0 Å². The second kappa shape index (κ2) is 8.51. The number of hydrogen-bond acceptors (Lipinski definition) is 4. The predicted octanol–water partition coefficient (Wildman–Crippen LogP) is 0.140. The van der Waals surface area contributed by atoms with Gasteiger partial charge in [0, 0.05) is 26.7 Å². The van der Waals surface area contributed by atoms with Crippen molar-refractivity contribution in [1.82, 2.24) is 15.5 Å². The lowest BCUT2D eigenvalue weighted by molar-refractivity contribution is -0.132. The van der Waals surface area contributed by atoms with Crippen LogP contribution in [0.2, 0.25) is 0 Å². The Labute approximate surface area is 130 Å². The third-order valence-corrected chi connectivity index (χ3v) is 3.62. The predicted molar refractivity (Wildman–Crippen MR) is 83.2 cm³/mol. The quantitative estimate of drug-likeness (QED) is 0.670. The lowest BCUT2D eigenvalue weighted by Gasteiger charge is -2.17. The fraction of sp³-hybridized carbons (Fsp3) is 0.500. The fourth-order valence-electron chi connectivity index (χ4n) is 2.46. The van der Waals surface area contributed by atoms with Crippen LogP contribution < -0.4 is 10.6 Å². The van der Waals surface area contributed by atoms with Crippen LogP contribution in [0, 0.1) is 0 Å². The first-order valence-corrected chi connectivity index (χ1v) is 7.52. The summed E-state index contributed by atoms with van der Waals surface area (Å²) in [5.74, 6) is -0.162. The van der Waals surface area contributed by atoms with Crippen LogP contribution in [0.5, 0.6) is 0 Å². The van der Waals surface area contributed by atoms with Crippen LogP contribution in [0.4, 0.5) is 0 Å². The molecule has 1 saturated heterocycles. The summed E-state index contributed by atoms with van der Waals surface area (Å²) < 4.78 is 4.89. The standard InChI is InChI=1S/C16H23N3O3/c1-22-10-8-17-11-15(20)18-14-7-9-19(16(14)21)12-13-5-3-2-4-6-13/h2-6,14,17H,7-12H2,1H3,(H,18,20). The van der Waals surface area contributed by atoms with Gasteiger partial charge in [0.15, 0.2) is 0 Å². The summed E-state index contributed by atoms with van der Waals surface area (Å²) in [6, 6.07) is 9.47. The number of nitrogens with one attached hydrogen (secondary N) is 2. The summed E-state index contributed by atoms with van der Waals surface area (Å²) in [6.07, 6.45) is 0.662. The first-order valence-electron chi connectivity index (χ1n) is 7.52. The molecule has 1 atom stereocenters. The van der Waals surface area contributed by atoms with Crippen LogP contribution in [-0.4, -0.2) is 56.1 Å². The molecule has 1 unspecified atom stereocenters. The molecule has 6 nitrogen and oxygen atoms in total. The molecule has 1 fully saturated rings. The Hall–Kier alpha value is -1.92. The van der Waals surface area contributed by atoms with Gasteiger partial charge in [-0.1, -0.05) is 30.3 Å². The third-order valence-electron chi connectivity index (χ3n) is 3.62. The minimum Gasteiger partial charge on any atom is -0.383 e. The van der Waals surface area contributed by atoms with Gasteiger partial charge in [0.05, 0.1) is 13.2 Å². The highest BCUT2D eigenvalue weighted by molar-refractivity contribution is 5.89. The molecule has 2 N–H and O–H groups in total. The summed E-state index contributed by atoms with van der Waals surface area (Å²) in [6.45, 7) is 2.64. The summed E-state index contributed by atoms with van der Waals surface area (Å²) >= 11 is 0. The topological polar surface area (TPSA) is 70.7 Å². The van der Waals surface area contributed by atoms with E-state index in [1.807, 2.05) is 30.3 Å². The molecular weight excluding hydrogens is 282 g/mol. The maximum atomic E-state index is 12.3. The van der Waals surface area contributed by atoms with Crippen molar-refractivity contribution in [1.29, 1.82) is 0 Å². The van der Waals surface area contributed by atoms with Crippen molar-refractivity contribution in [2.24, 2.45) is 0 Å². The van der Waals surface area contributed by atoms with E-state index in [1.54, 1.807) is 12.0 Å². The fourth-order valence-corrected chi connectivity index (χ4v) is 2.46. The molecule has 0 spiro atoms. The molecule has 1 aromatic rings. The monoisotopic (exact) mass is 305 g/mol. The molecule has 2 amide bonds. The number of carbonyl (C=O) groups is 2. The minimum atomic E-state index is -0.402. The van der Waals surface area contributed by atoms with Crippen molar-refractivity contribution in [2.45, 2.75) is 19.0 Å². The molecule has 1 aliphatic rings. The molecule has 22 heavy (non-hydrogen) atoms. The van der Waals surface area contributed by atoms with Gasteiger partial charge in [-0.25, -0.2) is 0 Å². The summed E-state index contributed by atoms with van der Waals surface area (Å²) in [5, 5.41) is 5.75. The zero-order valence-electron chi connectivity index (χ0n) is 12.9. The highest BCUT2D eigenvalue weighted by atomic mass is 16.5. The third kappa shape index (κ3) is 4.82. The zero-order chi connectivity index (χ0) is 15.8. The summed E-state index contributed by atoms with van der Waals surface area (Å²) in [5.41, 5.74) is 1.10. The second-order valence-electron chi connectivity index (χ2n) is 5.32. The van der Waals surface area contributed by atoms with Gasteiger partial charge in [-0.2, -0.15) is 0 Å². The normalized spacial score (nSPS) is 17.8. The average molecular weight is 305 g/mol.